The maximum atomic E-state index is 6.95. The number of nitrogens with zero attached hydrogens (tertiary/aromatic N) is 1. The van der Waals surface area contributed by atoms with Gasteiger partial charge in [0.15, 0.2) is 0 Å². The van der Waals surface area contributed by atoms with E-state index in [-0.39, 0.29) is 5.41 Å². The van der Waals surface area contributed by atoms with Gasteiger partial charge in [0.25, 0.3) is 0 Å². The normalized spacial score (nSPS) is 14.3. The van der Waals surface area contributed by atoms with Crippen LogP contribution in [0.5, 0.6) is 11.5 Å². The molecule has 2 nitrogen and oxygen atoms in total. The van der Waals surface area contributed by atoms with Crippen LogP contribution in [0.25, 0.3) is 66.8 Å². The Morgan fingerprint density at radius 1 is 0.288 bits per heavy atom. The van der Waals surface area contributed by atoms with E-state index in [0.29, 0.717) is 0 Å². The van der Waals surface area contributed by atoms with Gasteiger partial charge in [0.1, 0.15) is 11.5 Å². The molecule has 1 spiro atoms. The van der Waals surface area contributed by atoms with Crippen molar-refractivity contribution in [1.82, 2.24) is 0 Å². The zero-order chi connectivity index (χ0) is 43.7. The van der Waals surface area contributed by atoms with Crippen molar-refractivity contribution in [3.8, 4) is 78.3 Å². The van der Waals surface area contributed by atoms with Gasteiger partial charge in [0.05, 0.1) is 5.41 Å². The zero-order valence-corrected chi connectivity index (χ0v) is 36.7. The second-order valence-corrected chi connectivity index (χ2v) is 18.8. The zero-order valence-electron chi connectivity index (χ0n) is 36.7. The molecule has 1 aliphatic heterocycles. The van der Waals surface area contributed by atoms with Crippen molar-refractivity contribution in [2.45, 2.75) is 24.7 Å². The van der Waals surface area contributed by atoms with Gasteiger partial charge in [-0.1, -0.05) is 184 Å². The highest BCUT2D eigenvalue weighted by Crippen LogP contribution is 2.63. The fourth-order valence-corrected chi connectivity index (χ4v) is 12.2. The standard InChI is InChI=1S/C64H43NO/c1-63(2)55-24-12-8-20-47(55)51-32-29-43(38-59(51)63)65(42-31-35-62-54(37-42)46-19-7-6-18-45(46)53-36-41(28-34-61(53)66-62)40-16-4-3-5-17-40)44-30-33-52-50-23-11-15-27-58(50)64(60(52)39-44)56-25-13-9-21-48(56)49-22-10-14-26-57(49)64/h3-39H,1-2H3. The van der Waals surface area contributed by atoms with Crippen LogP contribution in [0.2, 0.25) is 0 Å². The van der Waals surface area contributed by atoms with E-state index in [1.165, 1.54) is 72.3 Å². The highest BCUT2D eigenvalue weighted by Gasteiger charge is 2.51. The summed E-state index contributed by atoms with van der Waals surface area (Å²) in [5, 5.41) is 0. The molecule has 10 aromatic carbocycles. The SMILES string of the molecule is CC1(C)c2ccccc2-c2ccc(N(c3ccc4c(c3)-c3ccccc3-c3cc(-c5ccccc5)ccc3O4)c3ccc4c(c3)C3(c5ccccc5-c5ccccc53)c3ccccc3-4)cc21. The molecule has 10 aromatic rings. The molecule has 0 aromatic heterocycles. The number of benzene rings is 10. The highest BCUT2D eigenvalue weighted by molar-refractivity contribution is 5.98. The molecule has 0 radical (unpaired) electrons. The monoisotopic (exact) mass is 841 g/mol. The van der Waals surface area contributed by atoms with E-state index < -0.39 is 5.41 Å². The van der Waals surface area contributed by atoms with Gasteiger partial charge in [0, 0.05) is 33.6 Å². The summed E-state index contributed by atoms with van der Waals surface area (Å²) in [6.45, 7) is 4.74. The lowest BCUT2D eigenvalue weighted by Crippen LogP contribution is -2.26. The Hall–Kier alpha value is -8.20. The second kappa shape index (κ2) is 13.7. The molecule has 310 valence electrons. The summed E-state index contributed by atoms with van der Waals surface area (Å²) < 4.78 is 6.95. The van der Waals surface area contributed by atoms with Crippen molar-refractivity contribution >= 4 is 17.1 Å². The highest BCUT2D eigenvalue weighted by atomic mass is 16.5. The number of anilines is 3. The summed E-state index contributed by atoms with van der Waals surface area (Å²) in [6, 6.07) is 83.2. The van der Waals surface area contributed by atoms with E-state index in [2.05, 4.69) is 243 Å². The third-order valence-electron chi connectivity index (χ3n) is 15.1. The number of hydrogen-bond acceptors (Lipinski definition) is 2. The average molecular weight is 842 g/mol. The molecule has 0 saturated heterocycles. The Balaban J connectivity index is 1.000. The van der Waals surface area contributed by atoms with E-state index in [1.54, 1.807) is 0 Å². The van der Waals surface area contributed by atoms with Crippen molar-refractivity contribution in [3.63, 3.8) is 0 Å². The summed E-state index contributed by atoms with van der Waals surface area (Å²) in [5.74, 6) is 1.69. The Kier molecular flexibility index (Phi) is 7.70. The minimum absolute atomic E-state index is 0.167. The lowest BCUT2D eigenvalue weighted by molar-refractivity contribution is 0.488. The Morgan fingerprint density at radius 3 is 1.29 bits per heavy atom. The maximum Gasteiger partial charge on any atom is 0.135 e. The lowest BCUT2D eigenvalue weighted by Gasteiger charge is -2.32. The van der Waals surface area contributed by atoms with Crippen LogP contribution in [0.1, 0.15) is 47.2 Å². The molecule has 0 saturated carbocycles. The first-order chi connectivity index (χ1) is 32.5. The van der Waals surface area contributed by atoms with Gasteiger partial charge < -0.3 is 9.64 Å². The van der Waals surface area contributed by atoms with E-state index in [4.69, 9.17) is 4.74 Å². The Bertz CT molecular complexity index is 3610. The first kappa shape index (κ1) is 37.2. The average Bonchev–Trinajstić information content (AvgIpc) is 3.88. The first-order valence-electron chi connectivity index (χ1n) is 23.1. The number of fused-ring (bicyclic) bond motifs is 18. The Morgan fingerprint density at radius 2 is 0.697 bits per heavy atom. The van der Waals surface area contributed by atoms with Crippen LogP contribution in [-0.2, 0) is 10.8 Å². The van der Waals surface area contributed by atoms with Crippen molar-refractivity contribution < 1.29 is 4.74 Å². The van der Waals surface area contributed by atoms with Crippen LogP contribution in [0.15, 0.2) is 224 Å². The predicted octanol–water partition coefficient (Wildman–Crippen LogP) is 16.9. The predicted molar refractivity (Wildman–Crippen MR) is 271 cm³/mol. The van der Waals surface area contributed by atoms with E-state index in [1.807, 2.05) is 0 Å². The molecule has 0 N–H and O–H groups in total. The summed E-state index contributed by atoms with van der Waals surface area (Å²) in [6.07, 6.45) is 0. The van der Waals surface area contributed by atoms with Crippen LogP contribution >= 0.6 is 0 Å². The first-order valence-corrected chi connectivity index (χ1v) is 23.1. The summed E-state index contributed by atoms with van der Waals surface area (Å²) in [4.78, 5) is 2.48. The summed E-state index contributed by atoms with van der Waals surface area (Å²) in [5.41, 5.74) is 25.3. The van der Waals surface area contributed by atoms with Crippen molar-refractivity contribution in [2.24, 2.45) is 0 Å². The van der Waals surface area contributed by atoms with E-state index in [9.17, 15) is 0 Å². The van der Waals surface area contributed by atoms with Gasteiger partial charge in [-0.25, -0.2) is 0 Å². The van der Waals surface area contributed by atoms with Crippen molar-refractivity contribution in [3.05, 3.63) is 258 Å². The van der Waals surface area contributed by atoms with Crippen molar-refractivity contribution in [1.29, 1.82) is 0 Å². The fourth-order valence-electron chi connectivity index (χ4n) is 12.2. The molecule has 0 fully saturated rings. The van der Waals surface area contributed by atoms with E-state index in [0.717, 1.165) is 56.4 Å². The van der Waals surface area contributed by atoms with Gasteiger partial charge in [-0.05, 0) is 144 Å². The number of rotatable bonds is 4. The quantitative estimate of drug-likeness (QED) is 0.175. The van der Waals surface area contributed by atoms with Crippen molar-refractivity contribution in [2.75, 3.05) is 4.90 Å². The Labute approximate surface area is 385 Å². The molecule has 2 heteroatoms. The second-order valence-electron chi connectivity index (χ2n) is 18.8. The minimum Gasteiger partial charge on any atom is -0.456 e. The van der Waals surface area contributed by atoms with Crippen LogP contribution in [-0.4, -0.2) is 0 Å². The molecule has 0 unspecified atom stereocenters. The topological polar surface area (TPSA) is 12.5 Å². The van der Waals surface area contributed by atoms with Gasteiger partial charge in [-0.3, -0.25) is 0 Å². The largest absolute Gasteiger partial charge is 0.456 e. The molecule has 4 aliphatic rings. The molecule has 0 atom stereocenters. The summed E-state index contributed by atoms with van der Waals surface area (Å²) >= 11 is 0. The molecule has 0 bridgehead atoms. The molecule has 0 amide bonds. The maximum absolute atomic E-state index is 6.95. The van der Waals surface area contributed by atoms with Gasteiger partial charge in [0.2, 0.25) is 0 Å². The molecule has 66 heavy (non-hydrogen) atoms. The third kappa shape index (κ3) is 5.01. The molecule has 1 heterocycles. The molecular formula is C64H43NO. The third-order valence-corrected chi connectivity index (χ3v) is 15.1. The fraction of sp³-hybridized carbons (Fsp3) is 0.0625. The number of hydrogen-bond donors (Lipinski definition) is 0. The molecule has 3 aliphatic carbocycles. The van der Waals surface area contributed by atoms with Gasteiger partial charge >= 0.3 is 0 Å². The van der Waals surface area contributed by atoms with Crippen LogP contribution in [0.4, 0.5) is 17.1 Å². The lowest BCUT2D eigenvalue weighted by atomic mass is 9.70. The van der Waals surface area contributed by atoms with E-state index >= 15 is 0 Å². The molecular weight excluding hydrogens is 799 g/mol. The smallest absolute Gasteiger partial charge is 0.135 e. The van der Waals surface area contributed by atoms with Crippen LogP contribution in [0, 0.1) is 0 Å². The van der Waals surface area contributed by atoms with Crippen LogP contribution in [0.3, 0.4) is 0 Å². The summed E-state index contributed by atoms with van der Waals surface area (Å²) in [7, 11) is 0. The van der Waals surface area contributed by atoms with Gasteiger partial charge in [-0.2, -0.15) is 0 Å². The van der Waals surface area contributed by atoms with Crippen LogP contribution < -0.4 is 9.64 Å². The van der Waals surface area contributed by atoms with Gasteiger partial charge in [-0.15, -0.1) is 0 Å². The molecule has 14 rings (SSSR count). The number of ether oxygens (including phenoxy) is 1. The minimum atomic E-state index is -0.465.